The first-order valence-corrected chi connectivity index (χ1v) is 5.03. The number of carboxylic acid groups (broad SMARTS) is 1. The third kappa shape index (κ3) is 2.51. The van der Waals surface area contributed by atoms with E-state index in [-0.39, 0.29) is 5.92 Å². The number of carboxylic acids is 1. The highest BCUT2D eigenvalue weighted by Crippen LogP contribution is 2.32. The van der Waals surface area contributed by atoms with E-state index >= 15 is 0 Å². The number of methoxy groups -OCH3 is 1. The number of aliphatic carboxylic acids is 1. The minimum atomic E-state index is -0.973. The summed E-state index contributed by atoms with van der Waals surface area (Å²) in [5.41, 5.74) is 0.380. The molecule has 0 saturated carbocycles. The summed E-state index contributed by atoms with van der Waals surface area (Å²) in [6.45, 7) is 3.56. The molecule has 4 heteroatoms. The lowest BCUT2D eigenvalue weighted by Gasteiger charge is -2.19. The Morgan fingerprint density at radius 2 is 2.06 bits per heavy atom. The summed E-state index contributed by atoms with van der Waals surface area (Å²) in [6.07, 6.45) is 0. The van der Waals surface area contributed by atoms with Crippen LogP contribution in [-0.2, 0) is 4.79 Å². The predicted octanol–water partition coefficient (Wildman–Crippen LogP) is 2.66. The quantitative estimate of drug-likeness (QED) is 0.858. The molecule has 0 aliphatic rings. The Balaban J connectivity index is 3.26. The van der Waals surface area contributed by atoms with Crippen molar-refractivity contribution in [1.82, 2.24) is 0 Å². The van der Waals surface area contributed by atoms with Crippen LogP contribution in [0.4, 0.5) is 4.39 Å². The molecular weight excluding hydrogens is 211 g/mol. The molecule has 0 bridgehead atoms. The van der Waals surface area contributed by atoms with Crippen LogP contribution in [0.25, 0.3) is 0 Å². The van der Waals surface area contributed by atoms with Crippen molar-refractivity contribution in [2.75, 3.05) is 7.11 Å². The van der Waals surface area contributed by atoms with E-state index in [1.165, 1.54) is 25.3 Å². The molecule has 1 N–H and O–H groups in total. The molecule has 0 aliphatic carbocycles. The number of halogens is 1. The van der Waals surface area contributed by atoms with Gasteiger partial charge in [-0.3, -0.25) is 4.79 Å². The Bertz CT molecular complexity index is 388. The Morgan fingerprint density at radius 1 is 1.44 bits per heavy atom. The molecule has 0 fully saturated rings. The van der Waals surface area contributed by atoms with E-state index in [0.717, 1.165) is 0 Å². The summed E-state index contributed by atoms with van der Waals surface area (Å²) < 4.78 is 18.2. The monoisotopic (exact) mass is 226 g/mol. The largest absolute Gasteiger partial charge is 0.496 e. The van der Waals surface area contributed by atoms with Gasteiger partial charge >= 0.3 is 5.97 Å². The molecule has 0 radical (unpaired) electrons. The van der Waals surface area contributed by atoms with Crippen molar-refractivity contribution >= 4 is 5.97 Å². The van der Waals surface area contributed by atoms with E-state index in [2.05, 4.69) is 0 Å². The highest BCUT2D eigenvalue weighted by molar-refractivity contribution is 5.77. The van der Waals surface area contributed by atoms with Crippen LogP contribution in [-0.4, -0.2) is 18.2 Å². The SMILES string of the molecule is COc1ccc(F)cc1C(C(=O)O)C(C)C. The molecule has 0 saturated heterocycles. The minimum Gasteiger partial charge on any atom is -0.496 e. The topological polar surface area (TPSA) is 46.5 Å². The van der Waals surface area contributed by atoms with E-state index in [1.54, 1.807) is 13.8 Å². The highest BCUT2D eigenvalue weighted by Gasteiger charge is 2.27. The van der Waals surface area contributed by atoms with Gasteiger partial charge in [0.1, 0.15) is 11.6 Å². The Kier molecular flexibility index (Phi) is 3.88. The number of benzene rings is 1. The summed E-state index contributed by atoms with van der Waals surface area (Å²) in [4.78, 5) is 11.1. The average Bonchev–Trinajstić information content (AvgIpc) is 2.17. The molecule has 1 unspecified atom stereocenters. The van der Waals surface area contributed by atoms with Gasteiger partial charge < -0.3 is 9.84 Å². The van der Waals surface area contributed by atoms with Crippen LogP contribution in [0.3, 0.4) is 0 Å². The third-order valence-electron chi connectivity index (χ3n) is 2.46. The lowest BCUT2D eigenvalue weighted by molar-refractivity contribution is -0.139. The fourth-order valence-electron chi connectivity index (χ4n) is 1.73. The van der Waals surface area contributed by atoms with Gasteiger partial charge in [0.25, 0.3) is 0 Å². The van der Waals surface area contributed by atoms with Gasteiger partial charge in [-0.1, -0.05) is 13.8 Å². The molecule has 16 heavy (non-hydrogen) atoms. The van der Waals surface area contributed by atoms with Crippen LogP contribution in [0.1, 0.15) is 25.3 Å². The molecule has 1 atom stereocenters. The number of hydrogen-bond acceptors (Lipinski definition) is 2. The molecule has 0 heterocycles. The standard InChI is InChI=1S/C12H15FO3/c1-7(2)11(12(14)15)9-6-8(13)4-5-10(9)16-3/h4-7,11H,1-3H3,(H,14,15). The summed E-state index contributed by atoms with van der Waals surface area (Å²) in [7, 11) is 1.44. The zero-order chi connectivity index (χ0) is 12.3. The first-order valence-electron chi connectivity index (χ1n) is 5.03. The zero-order valence-electron chi connectivity index (χ0n) is 9.53. The summed E-state index contributed by atoms with van der Waals surface area (Å²) >= 11 is 0. The number of carbonyl (C=O) groups is 1. The van der Waals surface area contributed by atoms with Gasteiger partial charge in [-0.05, 0) is 24.1 Å². The van der Waals surface area contributed by atoms with Crippen LogP contribution in [0.15, 0.2) is 18.2 Å². The number of hydrogen-bond donors (Lipinski definition) is 1. The lowest BCUT2D eigenvalue weighted by Crippen LogP contribution is -2.18. The van der Waals surface area contributed by atoms with Crippen molar-refractivity contribution in [1.29, 1.82) is 0 Å². The van der Waals surface area contributed by atoms with Crippen LogP contribution in [0.2, 0.25) is 0 Å². The Labute approximate surface area is 93.9 Å². The van der Waals surface area contributed by atoms with Gasteiger partial charge in [-0.15, -0.1) is 0 Å². The number of rotatable bonds is 4. The molecule has 88 valence electrons. The second-order valence-corrected chi connectivity index (χ2v) is 3.95. The highest BCUT2D eigenvalue weighted by atomic mass is 19.1. The smallest absolute Gasteiger partial charge is 0.311 e. The third-order valence-corrected chi connectivity index (χ3v) is 2.46. The van der Waals surface area contributed by atoms with E-state index in [0.29, 0.717) is 11.3 Å². The number of ether oxygens (including phenoxy) is 1. The summed E-state index contributed by atoms with van der Waals surface area (Å²) in [6, 6.07) is 3.92. The van der Waals surface area contributed by atoms with Gasteiger partial charge in [-0.25, -0.2) is 4.39 Å². The van der Waals surface area contributed by atoms with Gasteiger partial charge in [0.15, 0.2) is 0 Å². The van der Waals surface area contributed by atoms with Crippen LogP contribution in [0, 0.1) is 11.7 Å². The molecule has 1 aromatic rings. The molecule has 0 spiro atoms. The van der Waals surface area contributed by atoms with Crippen molar-refractivity contribution in [2.24, 2.45) is 5.92 Å². The molecule has 0 aliphatic heterocycles. The molecule has 1 rings (SSSR count). The molecule has 1 aromatic carbocycles. The van der Waals surface area contributed by atoms with Gasteiger partial charge in [-0.2, -0.15) is 0 Å². The maximum absolute atomic E-state index is 13.1. The second-order valence-electron chi connectivity index (χ2n) is 3.95. The lowest BCUT2D eigenvalue weighted by atomic mass is 9.88. The fourth-order valence-corrected chi connectivity index (χ4v) is 1.73. The van der Waals surface area contributed by atoms with E-state index < -0.39 is 17.7 Å². The van der Waals surface area contributed by atoms with E-state index in [4.69, 9.17) is 9.84 Å². The molecule has 0 amide bonds. The molecular formula is C12H15FO3. The van der Waals surface area contributed by atoms with E-state index in [9.17, 15) is 9.18 Å². The van der Waals surface area contributed by atoms with Crippen LogP contribution < -0.4 is 4.74 Å². The van der Waals surface area contributed by atoms with Crippen molar-refractivity contribution in [3.63, 3.8) is 0 Å². The molecule has 3 nitrogen and oxygen atoms in total. The minimum absolute atomic E-state index is 0.131. The second kappa shape index (κ2) is 4.96. The first kappa shape index (κ1) is 12.5. The van der Waals surface area contributed by atoms with Crippen molar-refractivity contribution in [3.8, 4) is 5.75 Å². The normalized spacial score (nSPS) is 12.6. The zero-order valence-corrected chi connectivity index (χ0v) is 9.53. The summed E-state index contributed by atoms with van der Waals surface area (Å²) in [5, 5.41) is 9.13. The van der Waals surface area contributed by atoms with E-state index in [1.807, 2.05) is 0 Å². The van der Waals surface area contributed by atoms with Crippen LogP contribution in [0.5, 0.6) is 5.75 Å². The summed E-state index contributed by atoms with van der Waals surface area (Å²) in [5.74, 6) is -1.91. The van der Waals surface area contributed by atoms with Crippen molar-refractivity contribution in [3.05, 3.63) is 29.6 Å². The molecule has 0 aromatic heterocycles. The predicted molar refractivity (Wildman–Crippen MR) is 58.2 cm³/mol. The average molecular weight is 226 g/mol. The van der Waals surface area contributed by atoms with Gasteiger partial charge in [0, 0.05) is 5.56 Å². The maximum atomic E-state index is 13.1. The van der Waals surface area contributed by atoms with Crippen molar-refractivity contribution < 1.29 is 19.0 Å². The Hall–Kier alpha value is -1.58. The fraction of sp³-hybridized carbons (Fsp3) is 0.417. The van der Waals surface area contributed by atoms with Crippen LogP contribution >= 0.6 is 0 Å². The first-order chi connectivity index (χ1) is 7.47. The van der Waals surface area contributed by atoms with Crippen molar-refractivity contribution in [2.45, 2.75) is 19.8 Å². The Morgan fingerprint density at radius 3 is 2.50 bits per heavy atom. The maximum Gasteiger partial charge on any atom is 0.311 e. The van der Waals surface area contributed by atoms with Gasteiger partial charge in [0.2, 0.25) is 0 Å². The van der Waals surface area contributed by atoms with Gasteiger partial charge in [0.05, 0.1) is 13.0 Å².